The molecule has 0 radical (unpaired) electrons. The Morgan fingerprint density at radius 3 is 2.45 bits per heavy atom. The van der Waals surface area contributed by atoms with Gasteiger partial charge in [0.1, 0.15) is 5.75 Å². The van der Waals surface area contributed by atoms with E-state index in [0.717, 1.165) is 18.8 Å². The number of rotatable bonds is 3. The van der Waals surface area contributed by atoms with Gasteiger partial charge in [0, 0.05) is 38.3 Å². The Labute approximate surface area is 119 Å². The quantitative estimate of drug-likeness (QED) is 0.782. The molecular weight excluding hydrogens is 254 g/mol. The molecule has 1 aliphatic heterocycles. The van der Waals surface area contributed by atoms with Crippen molar-refractivity contribution in [2.24, 2.45) is 5.73 Å². The number of aromatic hydroxyl groups is 1. The van der Waals surface area contributed by atoms with Crippen LogP contribution in [0.5, 0.6) is 5.75 Å². The van der Waals surface area contributed by atoms with Gasteiger partial charge in [-0.15, -0.1) is 12.3 Å². The van der Waals surface area contributed by atoms with Crippen LogP contribution in [0.25, 0.3) is 0 Å². The lowest BCUT2D eigenvalue weighted by molar-refractivity contribution is -0.132. The Kier molecular flexibility index (Phi) is 4.49. The van der Waals surface area contributed by atoms with Gasteiger partial charge in [-0.1, -0.05) is 0 Å². The third kappa shape index (κ3) is 3.22. The number of carbonyl (C=O) groups is 1. The molecule has 1 aliphatic rings. The predicted molar refractivity (Wildman–Crippen MR) is 78.3 cm³/mol. The number of anilines is 1. The summed E-state index contributed by atoms with van der Waals surface area (Å²) in [7, 11) is 0. The first-order valence-corrected chi connectivity index (χ1v) is 6.63. The van der Waals surface area contributed by atoms with Crippen molar-refractivity contribution in [3.63, 3.8) is 0 Å². The van der Waals surface area contributed by atoms with E-state index in [1.807, 2.05) is 12.1 Å². The highest BCUT2D eigenvalue weighted by Crippen LogP contribution is 2.19. The fraction of sp³-hybridized carbons (Fsp3) is 0.400. The molecule has 1 saturated heterocycles. The minimum atomic E-state index is -0.597. The number of nitrogens with zero attached hydrogens (tertiary/aromatic N) is 2. The molecule has 1 fully saturated rings. The second-order valence-corrected chi connectivity index (χ2v) is 4.84. The average molecular weight is 273 g/mol. The van der Waals surface area contributed by atoms with Crippen LogP contribution in [-0.2, 0) is 4.79 Å². The standard InChI is InChI=1S/C15H19N3O2/c1-2-3-14(16)15(20)18-10-8-17(9-11-18)12-4-6-13(19)7-5-12/h1,4-7,14,19H,3,8-11,16H2. The zero-order valence-electron chi connectivity index (χ0n) is 11.3. The van der Waals surface area contributed by atoms with Crippen molar-refractivity contribution < 1.29 is 9.90 Å². The summed E-state index contributed by atoms with van der Waals surface area (Å²) in [6.07, 6.45) is 5.45. The van der Waals surface area contributed by atoms with Gasteiger partial charge in [-0.25, -0.2) is 0 Å². The number of nitrogens with two attached hydrogens (primary N) is 1. The van der Waals surface area contributed by atoms with E-state index in [9.17, 15) is 9.90 Å². The van der Waals surface area contributed by atoms with Gasteiger partial charge in [-0.05, 0) is 24.3 Å². The molecule has 0 bridgehead atoms. The van der Waals surface area contributed by atoms with Gasteiger partial charge in [0.2, 0.25) is 5.91 Å². The van der Waals surface area contributed by atoms with Crippen LogP contribution in [0.4, 0.5) is 5.69 Å². The number of piperazine rings is 1. The number of benzene rings is 1. The summed E-state index contributed by atoms with van der Waals surface area (Å²) in [5.41, 5.74) is 6.79. The highest BCUT2D eigenvalue weighted by molar-refractivity contribution is 5.82. The van der Waals surface area contributed by atoms with E-state index >= 15 is 0 Å². The molecule has 1 unspecified atom stereocenters. The number of terminal acetylenes is 1. The van der Waals surface area contributed by atoms with E-state index in [-0.39, 0.29) is 18.1 Å². The van der Waals surface area contributed by atoms with Crippen LogP contribution >= 0.6 is 0 Å². The molecule has 3 N–H and O–H groups in total. The van der Waals surface area contributed by atoms with Crippen LogP contribution in [0.1, 0.15) is 6.42 Å². The van der Waals surface area contributed by atoms with Crippen LogP contribution < -0.4 is 10.6 Å². The van der Waals surface area contributed by atoms with E-state index in [1.54, 1.807) is 17.0 Å². The topological polar surface area (TPSA) is 69.8 Å². The lowest BCUT2D eigenvalue weighted by Crippen LogP contribution is -2.53. The lowest BCUT2D eigenvalue weighted by atomic mass is 10.1. The largest absolute Gasteiger partial charge is 0.508 e. The first kappa shape index (κ1) is 14.2. The van der Waals surface area contributed by atoms with Crippen molar-refractivity contribution in [1.82, 2.24) is 4.90 Å². The monoisotopic (exact) mass is 273 g/mol. The zero-order valence-corrected chi connectivity index (χ0v) is 11.3. The van der Waals surface area contributed by atoms with Crippen molar-refractivity contribution in [3.8, 4) is 18.1 Å². The summed E-state index contributed by atoms with van der Waals surface area (Å²) in [5.74, 6) is 2.60. The summed E-state index contributed by atoms with van der Waals surface area (Å²) in [4.78, 5) is 16.0. The van der Waals surface area contributed by atoms with E-state index in [4.69, 9.17) is 12.2 Å². The molecule has 2 rings (SSSR count). The summed E-state index contributed by atoms with van der Waals surface area (Å²) in [6.45, 7) is 2.77. The van der Waals surface area contributed by atoms with Gasteiger partial charge >= 0.3 is 0 Å². The molecule has 1 aromatic carbocycles. The molecule has 5 heteroatoms. The van der Waals surface area contributed by atoms with Gasteiger partial charge in [-0.3, -0.25) is 4.79 Å². The van der Waals surface area contributed by atoms with Gasteiger partial charge in [0.25, 0.3) is 0 Å². The minimum Gasteiger partial charge on any atom is -0.508 e. The third-order valence-electron chi connectivity index (χ3n) is 3.46. The average Bonchev–Trinajstić information content (AvgIpc) is 2.48. The van der Waals surface area contributed by atoms with Crippen molar-refractivity contribution in [2.45, 2.75) is 12.5 Å². The molecule has 0 aliphatic carbocycles. The molecule has 20 heavy (non-hydrogen) atoms. The molecule has 1 aromatic rings. The van der Waals surface area contributed by atoms with Crippen LogP contribution in [0, 0.1) is 12.3 Å². The molecule has 5 nitrogen and oxygen atoms in total. The fourth-order valence-corrected chi connectivity index (χ4v) is 2.30. The molecule has 1 heterocycles. The molecule has 1 amide bonds. The molecule has 1 atom stereocenters. The maximum absolute atomic E-state index is 12.0. The predicted octanol–water partition coefficient (Wildman–Crippen LogP) is 0.391. The highest BCUT2D eigenvalue weighted by atomic mass is 16.3. The van der Waals surface area contributed by atoms with Crippen molar-refractivity contribution in [1.29, 1.82) is 0 Å². The highest BCUT2D eigenvalue weighted by Gasteiger charge is 2.24. The molecule has 0 aromatic heterocycles. The van der Waals surface area contributed by atoms with Gasteiger partial charge in [-0.2, -0.15) is 0 Å². The van der Waals surface area contributed by atoms with Crippen molar-refractivity contribution >= 4 is 11.6 Å². The van der Waals surface area contributed by atoms with Crippen molar-refractivity contribution in [2.75, 3.05) is 31.1 Å². The summed E-state index contributed by atoms with van der Waals surface area (Å²) < 4.78 is 0. The number of amides is 1. The van der Waals surface area contributed by atoms with Gasteiger partial charge in [0.15, 0.2) is 0 Å². The van der Waals surface area contributed by atoms with Gasteiger partial charge < -0.3 is 20.6 Å². The van der Waals surface area contributed by atoms with Crippen LogP contribution in [-0.4, -0.2) is 48.1 Å². The maximum Gasteiger partial charge on any atom is 0.240 e. The smallest absolute Gasteiger partial charge is 0.240 e. The first-order chi connectivity index (χ1) is 9.61. The Balaban J connectivity index is 1.91. The van der Waals surface area contributed by atoms with Crippen LogP contribution in [0.3, 0.4) is 0 Å². The Bertz CT molecular complexity index is 499. The van der Waals surface area contributed by atoms with E-state index in [2.05, 4.69) is 10.8 Å². The molecule has 106 valence electrons. The Hall–Kier alpha value is -2.19. The van der Waals surface area contributed by atoms with Gasteiger partial charge in [0.05, 0.1) is 6.04 Å². The SMILES string of the molecule is C#CCC(N)C(=O)N1CCN(c2ccc(O)cc2)CC1. The Morgan fingerprint density at radius 1 is 1.30 bits per heavy atom. The third-order valence-corrected chi connectivity index (χ3v) is 3.46. The molecular formula is C15H19N3O2. The number of phenols is 1. The lowest BCUT2D eigenvalue weighted by Gasteiger charge is -2.37. The summed E-state index contributed by atoms with van der Waals surface area (Å²) in [5, 5.41) is 9.28. The number of hydrogen-bond acceptors (Lipinski definition) is 4. The number of carbonyl (C=O) groups excluding carboxylic acids is 1. The van der Waals surface area contributed by atoms with Crippen LogP contribution in [0.2, 0.25) is 0 Å². The van der Waals surface area contributed by atoms with E-state index < -0.39 is 6.04 Å². The number of phenolic OH excluding ortho intramolecular Hbond substituents is 1. The fourth-order valence-electron chi connectivity index (χ4n) is 2.30. The molecule has 0 saturated carbocycles. The Morgan fingerprint density at radius 2 is 1.90 bits per heavy atom. The second-order valence-electron chi connectivity index (χ2n) is 4.84. The minimum absolute atomic E-state index is 0.0756. The molecule has 0 spiro atoms. The van der Waals surface area contributed by atoms with Crippen molar-refractivity contribution in [3.05, 3.63) is 24.3 Å². The zero-order chi connectivity index (χ0) is 14.5. The van der Waals surface area contributed by atoms with Crippen LogP contribution in [0.15, 0.2) is 24.3 Å². The summed E-state index contributed by atoms with van der Waals surface area (Å²) in [6, 6.07) is 6.47. The number of hydrogen-bond donors (Lipinski definition) is 2. The second kappa shape index (κ2) is 6.31. The maximum atomic E-state index is 12.0. The first-order valence-electron chi connectivity index (χ1n) is 6.63. The van der Waals surface area contributed by atoms with E-state index in [0.29, 0.717) is 13.1 Å². The summed E-state index contributed by atoms with van der Waals surface area (Å²) >= 11 is 0. The normalized spacial score (nSPS) is 16.6. The van der Waals surface area contributed by atoms with E-state index in [1.165, 1.54) is 0 Å².